The first-order valence-corrected chi connectivity index (χ1v) is 6.51. The summed E-state index contributed by atoms with van der Waals surface area (Å²) in [6.07, 6.45) is 0. The standard InChI is InChI=1S/C15H13ClN2O3/c16-12-8-10(6-7-11(12)15(20)21)18-14(19)13(17)9-4-2-1-3-5-9/h1-8,13H,17H2,(H,18,19)(H,20,21)/t13-/m1/s1. The molecule has 0 saturated carbocycles. The summed E-state index contributed by atoms with van der Waals surface area (Å²) in [6.45, 7) is 0. The van der Waals surface area contributed by atoms with E-state index in [4.69, 9.17) is 22.4 Å². The van der Waals surface area contributed by atoms with Crippen LogP contribution in [0.1, 0.15) is 22.0 Å². The molecule has 0 saturated heterocycles. The van der Waals surface area contributed by atoms with Crippen molar-refractivity contribution in [2.24, 2.45) is 5.73 Å². The van der Waals surface area contributed by atoms with Gasteiger partial charge in [-0.05, 0) is 23.8 Å². The van der Waals surface area contributed by atoms with E-state index in [9.17, 15) is 9.59 Å². The quantitative estimate of drug-likeness (QED) is 0.809. The number of anilines is 1. The highest BCUT2D eigenvalue weighted by molar-refractivity contribution is 6.33. The van der Waals surface area contributed by atoms with Gasteiger partial charge in [0, 0.05) is 5.69 Å². The van der Waals surface area contributed by atoms with Crippen LogP contribution in [0, 0.1) is 0 Å². The van der Waals surface area contributed by atoms with Gasteiger partial charge in [0.25, 0.3) is 0 Å². The van der Waals surface area contributed by atoms with Crippen LogP contribution in [0.5, 0.6) is 0 Å². The van der Waals surface area contributed by atoms with E-state index < -0.39 is 17.9 Å². The molecule has 2 aromatic rings. The van der Waals surface area contributed by atoms with Gasteiger partial charge in [0.2, 0.25) is 5.91 Å². The SMILES string of the molecule is N[C@@H](C(=O)Nc1ccc(C(=O)O)c(Cl)c1)c1ccccc1. The van der Waals surface area contributed by atoms with Crippen LogP contribution in [0.3, 0.4) is 0 Å². The van der Waals surface area contributed by atoms with E-state index >= 15 is 0 Å². The Hall–Kier alpha value is -2.37. The van der Waals surface area contributed by atoms with Gasteiger partial charge in [0.05, 0.1) is 10.6 Å². The lowest BCUT2D eigenvalue weighted by atomic mass is 10.1. The molecule has 108 valence electrons. The number of aromatic carboxylic acids is 1. The van der Waals surface area contributed by atoms with Crippen LogP contribution in [0.2, 0.25) is 5.02 Å². The lowest BCUT2D eigenvalue weighted by molar-refractivity contribution is -0.117. The van der Waals surface area contributed by atoms with Crippen molar-refractivity contribution in [3.63, 3.8) is 0 Å². The Morgan fingerprint density at radius 1 is 1.14 bits per heavy atom. The molecule has 1 amide bonds. The molecule has 0 spiro atoms. The fraction of sp³-hybridized carbons (Fsp3) is 0.0667. The summed E-state index contributed by atoms with van der Waals surface area (Å²) in [5.41, 5.74) is 6.91. The predicted octanol–water partition coefficient (Wildman–Crippen LogP) is 2.68. The molecule has 0 heterocycles. The van der Waals surface area contributed by atoms with Crippen LogP contribution in [0.15, 0.2) is 48.5 Å². The third-order valence-corrected chi connectivity index (χ3v) is 3.22. The van der Waals surface area contributed by atoms with E-state index in [1.807, 2.05) is 6.07 Å². The molecule has 6 heteroatoms. The number of carbonyl (C=O) groups is 2. The first kappa shape index (κ1) is 15.0. The normalized spacial score (nSPS) is 11.7. The number of carboxylic acids is 1. The minimum Gasteiger partial charge on any atom is -0.478 e. The Kier molecular flexibility index (Phi) is 4.57. The smallest absolute Gasteiger partial charge is 0.337 e. The number of carboxylic acid groups (broad SMARTS) is 1. The van der Waals surface area contributed by atoms with Crippen LogP contribution in [0.4, 0.5) is 5.69 Å². The van der Waals surface area contributed by atoms with Crippen molar-refractivity contribution in [3.05, 3.63) is 64.7 Å². The first-order chi connectivity index (χ1) is 9.99. The number of amides is 1. The Morgan fingerprint density at radius 2 is 1.81 bits per heavy atom. The molecule has 0 radical (unpaired) electrons. The fourth-order valence-corrected chi connectivity index (χ4v) is 2.06. The molecule has 21 heavy (non-hydrogen) atoms. The van der Waals surface area contributed by atoms with Gasteiger partial charge < -0.3 is 16.2 Å². The molecule has 0 aromatic heterocycles. The monoisotopic (exact) mass is 304 g/mol. The van der Waals surface area contributed by atoms with Crippen LogP contribution in [0.25, 0.3) is 0 Å². The predicted molar refractivity (Wildman–Crippen MR) is 80.4 cm³/mol. The van der Waals surface area contributed by atoms with Crippen molar-refractivity contribution in [2.45, 2.75) is 6.04 Å². The number of nitrogens with two attached hydrogens (primary N) is 1. The second-order valence-electron chi connectivity index (χ2n) is 4.38. The summed E-state index contributed by atoms with van der Waals surface area (Å²) in [5.74, 6) is -1.53. The van der Waals surface area contributed by atoms with Gasteiger partial charge in [-0.2, -0.15) is 0 Å². The molecule has 0 bridgehead atoms. The molecule has 0 aliphatic heterocycles. The van der Waals surface area contributed by atoms with Gasteiger partial charge in [-0.25, -0.2) is 4.79 Å². The van der Waals surface area contributed by atoms with Crippen LogP contribution in [-0.2, 0) is 4.79 Å². The summed E-state index contributed by atoms with van der Waals surface area (Å²) in [6, 6.07) is 12.3. The second kappa shape index (κ2) is 6.39. The number of carbonyl (C=O) groups excluding carboxylic acids is 1. The first-order valence-electron chi connectivity index (χ1n) is 6.13. The molecular weight excluding hydrogens is 292 g/mol. The number of hydrogen-bond donors (Lipinski definition) is 3. The van der Waals surface area contributed by atoms with E-state index in [-0.39, 0.29) is 10.6 Å². The Morgan fingerprint density at radius 3 is 2.38 bits per heavy atom. The maximum absolute atomic E-state index is 12.0. The van der Waals surface area contributed by atoms with Crippen LogP contribution in [-0.4, -0.2) is 17.0 Å². The van der Waals surface area contributed by atoms with Crippen molar-refractivity contribution in [1.82, 2.24) is 0 Å². The highest BCUT2D eigenvalue weighted by atomic mass is 35.5. The number of hydrogen-bond acceptors (Lipinski definition) is 3. The summed E-state index contributed by atoms with van der Waals surface area (Å²) < 4.78 is 0. The topological polar surface area (TPSA) is 92.4 Å². The fourth-order valence-electron chi connectivity index (χ4n) is 1.80. The summed E-state index contributed by atoms with van der Waals surface area (Å²) in [7, 11) is 0. The lowest BCUT2D eigenvalue weighted by Crippen LogP contribution is -2.27. The zero-order valence-electron chi connectivity index (χ0n) is 10.9. The van der Waals surface area contributed by atoms with Crippen molar-refractivity contribution < 1.29 is 14.7 Å². The molecule has 4 N–H and O–H groups in total. The van der Waals surface area contributed by atoms with E-state index in [1.54, 1.807) is 24.3 Å². The molecule has 0 unspecified atom stereocenters. The minimum absolute atomic E-state index is 0.0259. The molecule has 0 aliphatic rings. The third kappa shape index (κ3) is 3.59. The molecule has 2 rings (SSSR count). The Labute approximate surface area is 126 Å². The molecule has 5 nitrogen and oxygen atoms in total. The zero-order chi connectivity index (χ0) is 15.4. The second-order valence-corrected chi connectivity index (χ2v) is 4.78. The highest BCUT2D eigenvalue weighted by Gasteiger charge is 2.16. The zero-order valence-corrected chi connectivity index (χ0v) is 11.7. The minimum atomic E-state index is -1.13. The van der Waals surface area contributed by atoms with E-state index in [0.717, 1.165) is 0 Å². The van der Waals surface area contributed by atoms with Gasteiger partial charge >= 0.3 is 5.97 Å². The average Bonchev–Trinajstić information content (AvgIpc) is 2.47. The maximum Gasteiger partial charge on any atom is 0.337 e. The summed E-state index contributed by atoms with van der Waals surface area (Å²) >= 11 is 5.84. The van der Waals surface area contributed by atoms with Crippen LogP contribution >= 0.6 is 11.6 Å². The number of nitrogens with one attached hydrogen (secondary N) is 1. The summed E-state index contributed by atoms with van der Waals surface area (Å²) in [4.78, 5) is 22.9. The molecule has 0 fully saturated rings. The van der Waals surface area contributed by atoms with Gasteiger partial charge in [-0.3, -0.25) is 4.79 Å². The van der Waals surface area contributed by atoms with Crippen molar-refractivity contribution >= 4 is 29.2 Å². The van der Waals surface area contributed by atoms with Gasteiger partial charge in [0.15, 0.2) is 0 Å². The number of halogens is 1. The van der Waals surface area contributed by atoms with E-state index in [1.165, 1.54) is 18.2 Å². The van der Waals surface area contributed by atoms with E-state index in [2.05, 4.69) is 5.32 Å². The number of rotatable bonds is 4. The maximum atomic E-state index is 12.0. The summed E-state index contributed by atoms with van der Waals surface area (Å²) in [5, 5.41) is 11.5. The van der Waals surface area contributed by atoms with E-state index in [0.29, 0.717) is 11.3 Å². The Bertz CT molecular complexity index is 674. The molecule has 1 atom stereocenters. The molecule has 0 aliphatic carbocycles. The van der Waals surface area contributed by atoms with Gasteiger partial charge in [-0.1, -0.05) is 41.9 Å². The molecule has 2 aromatic carbocycles. The van der Waals surface area contributed by atoms with Crippen LogP contribution < -0.4 is 11.1 Å². The molecular formula is C15H13ClN2O3. The Balaban J connectivity index is 2.13. The van der Waals surface area contributed by atoms with Crippen molar-refractivity contribution in [1.29, 1.82) is 0 Å². The lowest BCUT2D eigenvalue weighted by Gasteiger charge is -2.13. The third-order valence-electron chi connectivity index (χ3n) is 2.91. The average molecular weight is 305 g/mol. The van der Waals surface area contributed by atoms with Gasteiger partial charge in [0.1, 0.15) is 6.04 Å². The largest absolute Gasteiger partial charge is 0.478 e. The van der Waals surface area contributed by atoms with Crippen molar-refractivity contribution in [2.75, 3.05) is 5.32 Å². The van der Waals surface area contributed by atoms with Gasteiger partial charge in [-0.15, -0.1) is 0 Å². The number of benzene rings is 2. The van der Waals surface area contributed by atoms with Crippen molar-refractivity contribution in [3.8, 4) is 0 Å². The highest BCUT2D eigenvalue weighted by Crippen LogP contribution is 2.22.